The molecule has 2 rings (SSSR count). The lowest BCUT2D eigenvalue weighted by Crippen LogP contribution is -2.37. The summed E-state index contributed by atoms with van der Waals surface area (Å²) in [6.07, 6.45) is 0.858. The highest BCUT2D eigenvalue weighted by atomic mass is 16.4. The Bertz CT molecular complexity index is 799. The fourth-order valence-electron chi connectivity index (χ4n) is 2.83. The molecule has 5 heteroatoms. The zero-order valence-corrected chi connectivity index (χ0v) is 15.0. The van der Waals surface area contributed by atoms with Gasteiger partial charge in [-0.2, -0.15) is 0 Å². The monoisotopic (exact) mass is 353 g/mol. The molecular weight excluding hydrogens is 330 g/mol. The van der Waals surface area contributed by atoms with Gasteiger partial charge in [-0.25, -0.2) is 0 Å². The van der Waals surface area contributed by atoms with Gasteiger partial charge in [0.1, 0.15) is 0 Å². The van der Waals surface area contributed by atoms with E-state index >= 15 is 0 Å². The maximum absolute atomic E-state index is 12.6. The van der Waals surface area contributed by atoms with Gasteiger partial charge in [-0.05, 0) is 49.9 Å². The second-order valence-electron chi connectivity index (χ2n) is 6.38. The molecule has 0 heterocycles. The summed E-state index contributed by atoms with van der Waals surface area (Å²) in [6, 6.07) is 14.3. The summed E-state index contributed by atoms with van der Waals surface area (Å²) < 4.78 is 0. The van der Waals surface area contributed by atoms with Crippen LogP contribution < -0.4 is 5.32 Å². The lowest BCUT2D eigenvalue weighted by molar-refractivity contribution is -0.137. The Hall–Kier alpha value is -2.95. The molecule has 0 saturated carbocycles. The predicted molar refractivity (Wildman–Crippen MR) is 99.5 cm³/mol. The molecule has 0 spiro atoms. The number of rotatable bonds is 8. The number of carboxylic acids is 1. The Morgan fingerprint density at radius 1 is 1.08 bits per heavy atom. The zero-order valence-electron chi connectivity index (χ0n) is 15.0. The van der Waals surface area contributed by atoms with E-state index in [0.717, 1.165) is 11.1 Å². The van der Waals surface area contributed by atoms with Crippen molar-refractivity contribution in [2.75, 3.05) is 0 Å². The number of carbonyl (C=O) groups excluding carboxylic acids is 2. The molecule has 1 amide bonds. The van der Waals surface area contributed by atoms with Crippen molar-refractivity contribution in [3.05, 3.63) is 70.8 Å². The van der Waals surface area contributed by atoms with E-state index in [1.165, 1.54) is 6.92 Å². The number of amides is 1. The van der Waals surface area contributed by atoms with Crippen LogP contribution in [0.15, 0.2) is 48.5 Å². The number of benzene rings is 2. The third-order valence-corrected chi connectivity index (χ3v) is 4.25. The molecule has 2 aromatic carbocycles. The number of aliphatic carboxylic acids is 1. The van der Waals surface area contributed by atoms with E-state index in [9.17, 15) is 14.4 Å². The molecule has 26 heavy (non-hydrogen) atoms. The van der Waals surface area contributed by atoms with Gasteiger partial charge in [0.05, 0.1) is 0 Å². The predicted octanol–water partition coefficient (Wildman–Crippen LogP) is 3.40. The SMILES string of the molecule is CC(=O)c1cc(C(=O)NC(CCC(=O)O)Cc2ccccc2)ccc1C. The van der Waals surface area contributed by atoms with Gasteiger partial charge in [0.15, 0.2) is 5.78 Å². The first-order valence-electron chi connectivity index (χ1n) is 8.55. The summed E-state index contributed by atoms with van der Waals surface area (Å²) in [5.41, 5.74) is 2.76. The summed E-state index contributed by atoms with van der Waals surface area (Å²) in [4.78, 5) is 35.2. The van der Waals surface area contributed by atoms with Crippen LogP contribution in [0.4, 0.5) is 0 Å². The largest absolute Gasteiger partial charge is 0.481 e. The van der Waals surface area contributed by atoms with E-state index in [2.05, 4.69) is 5.32 Å². The average molecular weight is 353 g/mol. The van der Waals surface area contributed by atoms with Crippen LogP contribution in [0.2, 0.25) is 0 Å². The molecule has 2 N–H and O–H groups in total. The Balaban J connectivity index is 2.15. The van der Waals surface area contributed by atoms with Crippen LogP contribution in [0.1, 0.15) is 51.6 Å². The minimum absolute atomic E-state index is 0.0234. The van der Waals surface area contributed by atoms with E-state index in [1.54, 1.807) is 18.2 Å². The third-order valence-electron chi connectivity index (χ3n) is 4.25. The van der Waals surface area contributed by atoms with Crippen molar-refractivity contribution in [3.8, 4) is 0 Å². The molecule has 2 aromatic rings. The first-order chi connectivity index (χ1) is 12.4. The number of carboxylic acid groups (broad SMARTS) is 1. The van der Waals surface area contributed by atoms with Gasteiger partial charge in [-0.1, -0.05) is 36.4 Å². The van der Waals surface area contributed by atoms with Gasteiger partial charge in [-0.15, -0.1) is 0 Å². The Morgan fingerprint density at radius 2 is 1.77 bits per heavy atom. The van der Waals surface area contributed by atoms with Crippen molar-refractivity contribution in [2.24, 2.45) is 0 Å². The fourth-order valence-corrected chi connectivity index (χ4v) is 2.83. The van der Waals surface area contributed by atoms with Crippen LogP contribution in [-0.2, 0) is 11.2 Å². The number of aryl methyl sites for hydroxylation is 1. The second-order valence-corrected chi connectivity index (χ2v) is 6.38. The van der Waals surface area contributed by atoms with E-state index in [-0.39, 0.29) is 24.2 Å². The molecule has 0 aromatic heterocycles. The average Bonchev–Trinajstić information content (AvgIpc) is 2.60. The van der Waals surface area contributed by atoms with E-state index in [4.69, 9.17) is 5.11 Å². The van der Waals surface area contributed by atoms with Gasteiger partial charge in [0, 0.05) is 23.6 Å². The highest BCUT2D eigenvalue weighted by Gasteiger charge is 2.17. The van der Waals surface area contributed by atoms with Crippen molar-refractivity contribution in [1.29, 1.82) is 0 Å². The molecule has 0 aliphatic heterocycles. The van der Waals surface area contributed by atoms with Gasteiger partial charge < -0.3 is 10.4 Å². The molecule has 0 saturated heterocycles. The third kappa shape index (κ3) is 5.55. The van der Waals surface area contributed by atoms with Crippen LogP contribution >= 0.6 is 0 Å². The smallest absolute Gasteiger partial charge is 0.303 e. The maximum Gasteiger partial charge on any atom is 0.303 e. The molecular formula is C21H23NO4. The van der Waals surface area contributed by atoms with Crippen molar-refractivity contribution in [1.82, 2.24) is 5.32 Å². The zero-order chi connectivity index (χ0) is 19.1. The van der Waals surface area contributed by atoms with Crippen molar-refractivity contribution >= 4 is 17.7 Å². The van der Waals surface area contributed by atoms with E-state index in [1.807, 2.05) is 37.3 Å². The lowest BCUT2D eigenvalue weighted by atomic mass is 9.99. The van der Waals surface area contributed by atoms with Crippen molar-refractivity contribution in [2.45, 2.75) is 39.2 Å². The summed E-state index contributed by atoms with van der Waals surface area (Å²) >= 11 is 0. The van der Waals surface area contributed by atoms with Crippen molar-refractivity contribution in [3.63, 3.8) is 0 Å². The summed E-state index contributed by atoms with van der Waals surface area (Å²) in [7, 11) is 0. The summed E-state index contributed by atoms with van der Waals surface area (Å²) in [5.74, 6) is -1.30. The number of Topliss-reactive ketones (excluding diaryl/α,β-unsaturated/α-hetero) is 1. The van der Waals surface area contributed by atoms with Crippen LogP contribution in [0.25, 0.3) is 0 Å². The van der Waals surface area contributed by atoms with Crippen LogP contribution in [0.3, 0.4) is 0 Å². The molecule has 5 nitrogen and oxygen atoms in total. The number of hydrogen-bond acceptors (Lipinski definition) is 3. The van der Waals surface area contributed by atoms with E-state index < -0.39 is 5.97 Å². The topological polar surface area (TPSA) is 83.5 Å². The lowest BCUT2D eigenvalue weighted by Gasteiger charge is -2.19. The van der Waals surface area contributed by atoms with E-state index in [0.29, 0.717) is 24.0 Å². The maximum atomic E-state index is 12.6. The van der Waals surface area contributed by atoms with Gasteiger partial charge >= 0.3 is 5.97 Å². The molecule has 0 aliphatic carbocycles. The Morgan fingerprint density at radius 3 is 2.38 bits per heavy atom. The Labute approximate surface area is 153 Å². The first-order valence-corrected chi connectivity index (χ1v) is 8.55. The molecule has 1 unspecified atom stereocenters. The quantitative estimate of drug-likeness (QED) is 0.713. The molecule has 0 fully saturated rings. The number of nitrogens with one attached hydrogen (secondary N) is 1. The highest BCUT2D eigenvalue weighted by Crippen LogP contribution is 2.14. The molecule has 0 bridgehead atoms. The number of carbonyl (C=O) groups is 3. The van der Waals surface area contributed by atoms with Gasteiger partial charge in [0.25, 0.3) is 5.91 Å². The highest BCUT2D eigenvalue weighted by molar-refractivity contribution is 6.00. The molecule has 1 atom stereocenters. The normalized spacial score (nSPS) is 11.6. The number of hydrogen-bond donors (Lipinski definition) is 2. The van der Waals surface area contributed by atoms with Crippen LogP contribution in [0, 0.1) is 6.92 Å². The van der Waals surface area contributed by atoms with Crippen LogP contribution in [-0.4, -0.2) is 28.8 Å². The second kappa shape index (κ2) is 8.94. The van der Waals surface area contributed by atoms with Crippen molar-refractivity contribution < 1.29 is 19.5 Å². The number of ketones is 1. The summed E-state index contributed by atoms with van der Waals surface area (Å²) in [5, 5.41) is 11.9. The van der Waals surface area contributed by atoms with Crippen LogP contribution in [0.5, 0.6) is 0 Å². The molecule has 136 valence electrons. The minimum atomic E-state index is -0.897. The summed E-state index contributed by atoms with van der Waals surface area (Å²) in [6.45, 7) is 3.29. The minimum Gasteiger partial charge on any atom is -0.481 e. The van der Waals surface area contributed by atoms with Gasteiger partial charge in [-0.3, -0.25) is 14.4 Å². The molecule has 0 radical (unpaired) electrons. The van der Waals surface area contributed by atoms with Gasteiger partial charge in [0.2, 0.25) is 0 Å². The first kappa shape index (κ1) is 19.4. The fraction of sp³-hybridized carbons (Fsp3) is 0.286. The Kier molecular flexibility index (Phi) is 6.67. The standard InChI is InChI=1S/C21H23NO4/c1-14-8-9-17(13-19(14)15(2)23)21(26)22-18(10-11-20(24)25)12-16-6-4-3-5-7-16/h3-9,13,18H,10-12H2,1-2H3,(H,22,26)(H,24,25). The molecule has 0 aliphatic rings.